The summed E-state index contributed by atoms with van der Waals surface area (Å²) in [6.07, 6.45) is 4.85. The highest BCUT2D eigenvalue weighted by molar-refractivity contribution is 5.28. The van der Waals surface area contributed by atoms with E-state index in [0.717, 1.165) is 24.0 Å². The highest BCUT2D eigenvalue weighted by atomic mass is 15.3. The number of aromatic nitrogens is 2. The van der Waals surface area contributed by atoms with Gasteiger partial charge in [0.2, 0.25) is 0 Å². The minimum absolute atomic E-state index is 0.132. The molecule has 1 aliphatic carbocycles. The Kier molecular flexibility index (Phi) is 4.34. The standard InChI is InChI=1S/C16H29N3/c1-6-15(17)16-12(4)18-19(13(16)5)14-8-10(2)7-11(3)9-14/h10-11,14-15H,6-9,17H2,1-5H3. The highest BCUT2D eigenvalue weighted by Crippen LogP contribution is 2.37. The van der Waals surface area contributed by atoms with Crippen molar-refractivity contribution in [3.63, 3.8) is 0 Å². The van der Waals surface area contributed by atoms with E-state index in [1.807, 2.05) is 0 Å². The van der Waals surface area contributed by atoms with Gasteiger partial charge in [0.05, 0.1) is 11.7 Å². The van der Waals surface area contributed by atoms with Crippen LogP contribution in [-0.2, 0) is 0 Å². The molecule has 1 aromatic rings. The third-order valence-electron chi connectivity index (χ3n) is 4.69. The molecule has 0 bridgehead atoms. The van der Waals surface area contributed by atoms with Gasteiger partial charge in [0.25, 0.3) is 0 Å². The number of hydrogen-bond donors (Lipinski definition) is 1. The van der Waals surface area contributed by atoms with E-state index in [1.165, 1.54) is 30.5 Å². The van der Waals surface area contributed by atoms with E-state index in [0.29, 0.717) is 6.04 Å². The molecule has 1 heterocycles. The maximum Gasteiger partial charge on any atom is 0.0644 e. The van der Waals surface area contributed by atoms with Gasteiger partial charge in [0.1, 0.15) is 0 Å². The number of aryl methyl sites for hydroxylation is 1. The molecule has 1 aromatic heterocycles. The van der Waals surface area contributed by atoms with Crippen LogP contribution in [-0.4, -0.2) is 9.78 Å². The van der Waals surface area contributed by atoms with E-state index < -0.39 is 0 Å². The van der Waals surface area contributed by atoms with Crippen LogP contribution in [0.1, 0.15) is 75.5 Å². The molecule has 3 unspecified atom stereocenters. The van der Waals surface area contributed by atoms with E-state index >= 15 is 0 Å². The van der Waals surface area contributed by atoms with Crippen molar-refractivity contribution in [1.82, 2.24) is 9.78 Å². The zero-order valence-electron chi connectivity index (χ0n) is 13.1. The molecule has 2 N–H and O–H groups in total. The first-order chi connectivity index (χ1) is 8.93. The fourth-order valence-corrected chi connectivity index (χ4v) is 3.88. The Morgan fingerprint density at radius 1 is 1.21 bits per heavy atom. The summed E-state index contributed by atoms with van der Waals surface area (Å²) in [4.78, 5) is 0. The van der Waals surface area contributed by atoms with Gasteiger partial charge in [-0.1, -0.05) is 20.8 Å². The fraction of sp³-hybridized carbons (Fsp3) is 0.812. The molecule has 2 rings (SSSR count). The molecule has 19 heavy (non-hydrogen) atoms. The summed E-state index contributed by atoms with van der Waals surface area (Å²) >= 11 is 0. The lowest BCUT2D eigenvalue weighted by molar-refractivity contribution is 0.207. The van der Waals surface area contributed by atoms with Gasteiger partial charge in [0.15, 0.2) is 0 Å². The molecule has 3 atom stereocenters. The Labute approximate surface area is 117 Å². The van der Waals surface area contributed by atoms with Crippen LogP contribution in [0.3, 0.4) is 0 Å². The van der Waals surface area contributed by atoms with Crippen molar-refractivity contribution in [2.75, 3.05) is 0 Å². The van der Waals surface area contributed by atoms with E-state index in [4.69, 9.17) is 10.8 Å². The van der Waals surface area contributed by atoms with E-state index in [2.05, 4.69) is 39.3 Å². The van der Waals surface area contributed by atoms with Gasteiger partial charge < -0.3 is 5.73 Å². The molecule has 3 heteroatoms. The molecule has 0 radical (unpaired) electrons. The minimum Gasteiger partial charge on any atom is -0.324 e. The van der Waals surface area contributed by atoms with Gasteiger partial charge in [-0.3, -0.25) is 4.68 Å². The normalized spacial score (nSPS) is 29.5. The van der Waals surface area contributed by atoms with Crippen molar-refractivity contribution in [2.45, 2.75) is 72.4 Å². The van der Waals surface area contributed by atoms with Crippen LogP contribution in [0.25, 0.3) is 0 Å². The fourth-order valence-electron chi connectivity index (χ4n) is 3.88. The quantitative estimate of drug-likeness (QED) is 0.898. The van der Waals surface area contributed by atoms with Crippen molar-refractivity contribution in [3.05, 3.63) is 17.0 Å². The summed E-state index contributed by atoms with van der Waals surface area (Å²) in [5.41, 5.74) is 9.92. The first-order valence-electron chi connectivity index (χ1n) is 7.75. The third-order valence-corrected chi connectivity index (χ3v) is 4.69. The van der Waals surface area contributed by atoms with Crippen molar-refractivity contribution < 1.29 is 0 Å². The van der Waals surface area contributed by atoms with Crippen molar-refractivity contribution >= 4 is 0 Å². The molecule has 0 saturated heterocycles. The predicted molar refractivity (Wildman–Crippen MR) is 80.1 cm³/mol. The molecule has 3 nitrogen and oxygen atoms in total. The number of hydrogen-bond acceptors (Lipinski definition) is 2. The SMILES string of the molecule is CCC(N)c1c(C)nn(C2CC(C)CC(C)C2)c1C. The molecule has 0 amide bonds. The second-order valence-corrected chi connectivity index (χ2v) is 6.62. The third kappa shape index (κ3) is 2.86. The second-order valence-electron chi connectivity index (χ2n) is 6.62. The summed E-state index contributed by atoms with van der Waals surface area (Å²) < 4.78 is 2.27. The van der Waals surface area contributed by atoms with Gasteiger partial charge in [-0.15, -0.1) is 0 Å². The molecule has 1 fully saturated rings. The van der Waals surface area contributed by atoms with Gasteiger partial charge in [-0.2, -0.15) is 5.10 Å². The summed E-state index contributed by atoms with van der Waals surface area (Å²) in [6.45, 7) is 11.2. The smallest absolute Gasteiger partial charge is 0.0644 e. The monoisotopic (exact) mass is 263 g/mol. The van der Waals surface area contributed by atoms with Gasteiger partial charge in [0, 0.05) is 17.3 Å². The summed E-state index contributed by atoms with van der Waals surface area (Å²) in [7, 11) is 0. The average molecular weight is 263 g/mol. The molecule has 0 aromatic carbocycles. The lowest BCUT2D eigenvalue weighted by atomic mass is 9.80. The molecule has 0 aliphatic heterocycles. The van der Waals surface area contributed by atoms with E-state index in [-0.39, 0.29) is 6.04 Å². The molecule has 1 saturated carbocycles. The van der Waals surface area contributed by atoms with Crippen LogP contribution in [0.15, 0.2) is 0 Å². The number of rotatable bonds is 3. The van der Waals surface area contributed by atoms with Crippen LogP contribution >= 0.6 is 0 Å². The maximum atomic E-state index is 6.24. The summed E-state index contributed by atoms with van der Waals surface area (Å²) in [5.74, 6) is 1.61. The Hall–Kier alpha value is -0.830. The first kappa shape index (κ1) is 14.6. The largest absolute Gasteiger partial charge is 0.324 e. The summed E-state index contributed by atoms with van der Waals surface area (Å²) in [5, 5.41) is 4.81. The lowest BCUT2D eigenvalue weighted by Crippen LogP contribution is -2.24. The van der Waals surface area contributed by atoms with Crippen LogP contribution in [0.5, 0.6) is 0 Å². The van der Waals surface area contributed by atoms with Crippen molar-refractivity contribution in [2.24, 2.45) is 17.6 Å². The van der Waals surface area contributed by atoms with Crippen molar-refractivity contribution in [1.29, 1.82) is 0 Å². The Morgan fingerprint density at radius 2 is 1.79 bits per heavy atom. The Bertz CT molecular complexity index is 425. The lowest BCUT2D eigenvalue weighted by Gasteiger charge is -2.32. The van der Waals surface area contributed by atoms with Gasteiger partial charge in [-0.25, -0.2) is 0 Å². The molecular formula is C16H29N3. The van der Waals surface area contributed by atoms with Crippen LogP contribution in [0, 0.1) is 25.7 Å². The van der Waals surface area contributed by atoms with E-state index in [1.54, 1.807) is 0 Å². The molecule has 108 valence electrons. The molecule has 0 spiro atoms. The number of nitrogens with zero attached hydrogens (tertiary/aromatic N) is 2. The van der Waals surface area contributed by atoms with Crippen LogP contribution in [0.2, 0.25) is 0 Å². The average Bonchev–Trinajstić information content (AvgIpc) is 2.63. The predicted octanol–water partition coefficient (Wildman–Crippen LogP) is 3.91. The number of nitrogens with two attached hydrogens (primary N) is 1. The first-order valence-corrected chi connectivity index (χ1v) is 7.75. The molecular weight excluding hydrogens is 234 g/mol. The maximum absolute atomic E-state index is 6.24. The van der Waals surface area contributed by atoms with Gasteiger partial charge >= 0.3 is 0 Å². The Balaban J connectivity index is 2.30. The highest BCUT2D eigenvalue weighted by Gasteiger charge is 2.28. The van der Waals surface area contributed by atoms with E-state index in [9.17, 15) is 0 Å². The van der Waals surface area contributed by atoms with Crippen LogP contribution in [0.4, 0.5) is 0 Å². The minimum atomic E-state index is 0.132. The Morgan fingerprint density at radius 3 is 2.32 bits per heavy atom. The molecule has 1 aliphatic rings. The summed E-state index contributed by atoms with van der Waals surface area (Å²) in [6, 6.07) is 0.697. The second kappa shape index (κ2) is 5.66. The van der Waals surface area contributed by atoms with Gasteiger partial charge in [-0.05, 0) is 51.4 Å². The zero-order chi connectivity index (χ0) is 14.2. The van der Waals surface area contributed by atoms with Crippen molar-refractivity contribution in [3.8, 4) is 0 Å². The zero-order valence-corrected chi connectivity index (χ0v) is 13.1. The topological polar surface area (TPSA) is 43.8 Å². The van der Waals surface area contributed by atoms with Crippen LogP contribution < -0.4 is 5.73 Å².